The Morgan fingerprint density at radius 3 is 2.78 bits per heavy atom. The van der Waals surface area contributed by atoms with Crippen LogP contribution in [0.5, 0.6) is 0 Å². The molecule has 1 atom stereocenters. The maximum atomic E-state index is 12.5. The lowest BCUT2D eigenvalue weighted by Gasteiger charge is -2.32. The van der Waals surface area contributed by atoms with Crippen molar-refractivity contribution in [2.45, 2.75) is 38.5 Å². The van der Waals surface area contributed by atoms with Crippen molar-refractivity contribution in [1.29, 1.82) is 0 Å². The fourth-order valence-electron chi connectivity index (χ4n) is 3.40. The molecule has 1 aromatic heterocycles. The summed E-state index contributed by atoms with van der Waals surface area (Å²) in [6.45, 7) is 1.39. The van der Waals surface area contributed by atoms with Gasteiger partial charge in [-0.15, -0.1) is 0 Å². The van der Waals surface area contributed by atoms with Crippen molar-refractivity contribution < 1.29 is 19.1 Å². The maximum Gasteiger partial charge on any atom is 0.303 e. The number of aromatic nitrogens is 1. The topological polar surface area (TPSA) is 83.6 Å². The van der Waals surface area contributed by atoms with Gasteiger partial charge in [-0.1, -0.05) is 11.6 Å². The van der Waals surface area contributed by atoms with E-state index in [-0.39, 0.29) is 18.2 Å². The molecule has 0 aliphatic carbocycles. The lowest BCUT2D eigenvalue weighted by Crippen LogP contribution is -2.40. The number of aliphatic carboxylic acids is 1. The van der Waals surface area contributed by atoms with Gasteiger partial charge in [0, 0.05) is 42.9 Å². The molecule has 2 aromatic rings. The van der Waals surface area contributed by atoms with Gasteiger partial charge >= 0.3 is 5.97 Å². The average Bonchev–Trinajstić information content (AvgIpc) is 3.14. The molecule has 1 N–H and O–H groups in total. The highest BCUT2D eigenvalue weighted by Gasteiger charge is 2.24. The summed E-state index contributed by atoms with van der Waals surface area (Å²) in [5.74, 6) is 0.755. The van der Waals surface area contributed by atoms with Gasteiger partial charge in [-0.3, -0.25) is 9.59 Å². The third-order valence-corrected chi connectivity index (χ3v) is 5.13. The van der Waals surface area contributed by atoms with Crippen molar-refractivity contribution in [2.75, 3.05) is 13.1 Å². The molecule has 1 saturated heterocycles. The first-order valence-electron chi connectivity index (χ1n) is 9.21. The van der Waals surface area contributed by atoms with Gasteiger partial charge < -0.3 is 14.4 Å². The largest absolute Gasteiger partial charge is 0.481 e. The van der Waals surface area contributed by atoms with Crippen LogP contribution in [0.3, 0.4) is 0 Å². The van der Waals surface area contributed by atoms with Crippen LogP contribution in [-0.4, -0.2) is 40.0 Å². The Balaban J connectivity index is 1.50. The van der Waals surface area contributed by atoms with Crippen molar-refractivity contribution >= 4 is 23.5 Å². The zero-order chi connectivity index (χ0) is 19.2. The molecule has 1 aliphatic heterocycles. The average molecular weight is 391 g/mol. The van der Waals surface area contributed by atoms with Crippen molar-refractivity contribution in [1.82, 2.24) is 9.88 Å². The molecule has 1 amide bonds. The van der Waals surface area contributed by atoms with Gasteiger partial charge in [0.1, 0.15) is 0 Å². The first-order chi connectivity index (χ1) is 13.0. The summed E-state index contributed by atoms with van der Waals surface area (Å²) >= 11 is 5.89. The minimum atomic E-state index is -0.779. The van der Waals surface area contributed by atoms with Gasteiger partial charge in [0.2, 0.25) is 5.91 Å². The fourth-order valence-corrected chi connectivity index (χ4v) is 3.53. The summed E-state index contributed by atoms with van der Waals surface area (Å²) in [6, 6.07) is 7.31. The normalized spacial score (nSPS) is 17.1. The van der Waals surface area contributed by atoms with Crippen molar-refractivity contribution in [3.05, 3.63) is 41.4 Å². The lowest BCUT2D eigenvalue weighted by atomic mass is 9.93. The highest BCUT2D eigenvalue weighted by atomic mass is 35.5. The second-order valence-electron chi connectivity index (χ2n) is 6.91. The van der Waals surface area contributed by atoms with Gasteiger partial charge in [0.05, 0.1) is 6.20 Å². The molecule has 6 nitrogen and oxygen atoms in total. The second-order valence-corrected chi connectivity index (χ2v) is 7.34. The first-order valence-corrected chi connectivity index (χ1v) is 9.59. The van der Waals surface area contributed by atoms with E-state index in [1.807, 2.05) is 17.0 Å². The van der Waals surface area contributed by atoms with Crippen LogP contribution in [-0.2, 0) is 16.0 Å². The monoisotopic (exact) mass is 390 g/mol. The van der Waals surface area contributed by atoms with Crippen LogP contribution in [0, 0.1) is 5.92 Å². The predicted molar refractivity (Wildman–Crippen MR) is 101 cm³/mol. The summed E-state index contributed by atoms with van der Waals surface area (Å²) < 4.78 is 5.74. The molecule has 0 radical (unpaired) electrons. The van der Waals surface area contributed by atoms with E-state index in [2.05, 4.69) is 4.98 Å². The van der Waals surface area contributed by atoms with Crippen LogP contribution in [0.1, 0.15) is 38.0 Å². The van der Waals surface area contributed by atoms with Gasteiger partial charge in [-0.05, 0) is 49.4 Å². The number of halogens is 1. The number of piperidine rings is 1. The molecule has 3 rings (SSSR count). The van der Waals surface area contributed by atoms with Crippen LogP contribution in [0.15, 0.2) is 34.9 Å². The van der Waals surface area contributed by atoms with E-state index in [0.29, 0.717) is 42.5 Å². The van der Waals surface area contributed by atoms with Crippen LogP contribution in [0.25, 0.3) is 11.3 Å². The highest BCUT2D eigenvalue weighted by molar-refractivity contribution is 6.30. The SMILES string of the molecule is O=C(O)CCC1CCCN(C(=O)CCc2ncc(-c3ccc(Cl)cc3)o2)C1. The Hall–Kier alpha value is -2.34. The molecular weight excluding hydrogens is 368 g/mol. The summed E-state index contributed by atoms with van der Waals surface area (Å²) in [7, 11) is 0. The molecule has 1 aliphatic rings. The number of hydrogen-bond acceptors (Lipinski definition) is 4. The van der Waals surface area contributed by atoms with Crippen molar-refractivity contribution in [2.24, 2.45) is 5.92 Å². The van der Waals surface area contributed by atoms with E-state index in [9.17, 15) is 9.59 Å². The molecule has 1 fully saturated rings. The van der Waals surface area contributed by atoms with Crippen molar-refractivity contribution in [3.63, 3.8) is 0 Å². The Morgan fingerprint density at radius 2 is 2.04 bits per heavy atom. The van der Waals surface area contributed by atoms with Gasteiger partial charge in [-0.2, -0.15) is 0 Å². The van der Waals surface area contributed by atoms with E-state index in [1.165, 1.54) is 0 Å². The number of nitrogens with zero attached hydrogens (tertiary/aromatic N) is 2. The molecule has 0 bridgehead atoms. The highest BCUT2D eigenvalue weighted by Crippen LogP contribution is 2.24. The van der Waals surface area contributed by atoms with Gasteiger partial charge in [0.15, 0.2) is 11.7 Å². The standard InChI is InChI=1S/C20H23ClN2O4/c21-16-6-4-15(5-7-16)17-12-22-18(27-17)8-9-19(24)23-11-1-2-14(13-23)3-10-20(25)26/h4-7,12,14H,1-3,8-11,13H2,(H,25,26). The Labute approximate surface area is 163 Å². The zero-order valence-electron chi connectivity index (χ0n) is 15.1. The molecule has 0 spiro atoms. The molecular formula is C20H23ClN2O4. The van der Waals surface area contributed by atoms with Gasteiger partial charge in [-0.25, -0.2) is 4.98 Å². The van der Waals surface area contributed by atoms with Crippen LogP contribution >= 0.6 is 11.6 Å². The summed E-state index contributed by atoms with van der Waals surface area (Å²) in [6.07, 6.45) is 5.15. The number of benzene rings is 1. The minimum Gasteiger partial charge on any atom is -0.481 e. The second kappa shape index (κ2) is 9.04. The number of rotatable bonds is 7. The number of amides is 1. The number of aryl methyl sites for hydroxylation is 1. The Morgan fingerprint density at radius 1 is 1.26 bits per heavy atom. The van der Waals surface area contributed by atoms with Crippen LogP contribution < -0.4 is 0 Å². The molecule has 1 unspecified atom stereocenters. The zero-order valence-corrected chi connectivity index (χ0v) is 15.8. The fraction of sp³-hybridized carbons (Fsp3) is 0.450. The lowest BCUT2D eigenvalue weighted by molar-refractivity contribution is -0.137. The molecule has 7 heteroatoms. The number of carbonyl (C=O) groups excluding carboxylic acids is 1. The number of carboxylic acid groups (broad SMARTS) is 1. The third-order valence-electron chi connectivity index (χ3n) is 4.87. The quantitative estimate of drug-likeness (QED) is 0.771. The molecule has 1 aromatic carbocycles. The van der Waals surface area contributed by atoms with E-state index in [0.717, 1.165) is 24.9 Å². The minimum absolute atomic E-state index is 0.0706. The smallest absolute Gasteiger partial charge is 0.303 e. The number of oxazole rings is 1. The predicted octanol–water partition coefficient (Wildman–Crippen LogP) is 4.03. The summed E-state index contributed by atoms with van der Waals surface area (Å²) in [4.78, 5) is 29.3. The molecule has 0 saturated carbocycles. The summed E-state index contributed by atoms with van der Waals surface area (Å²) in [5, 5.41) is 9.48. The van der Waals surface area contributed by atoms with Crippen LogP contribution in [0.2, 0.25) is 5.02 Å². The van der Waals surface area contributed by atoms with E-state index >= 15 is 0 Å². The maximum absolute atomic E-state index is 12.5. The van der Waals surface area contributed by atoms with E-state index in [1.54, 1.807) is 18.3 Å². The van der Waals surface area contributed by atoms with Crippen molar-refractivity contribution in [3.8, 4) is 11.3 Å². The van der Waals surface area contributed by atoms with E-state index < -0.39 is 5.97 Å². The number of hydrogen-bond donors (Lipinski definition) is 1. The Kier molecular flexibility index (Phi) is 6.50. The number of carboxylic acids is 1. The van der Waals surface area contributed by atoms with Gasteiger partial charge in [0.25, 0.3) is 0 Å². The molecule has 2 heterocycles. The summed E-state index contributed by atoms with van der Waals surface area (Å²) in [5.41, 5.74) is 0.891. The number of carbonyl (C=O) groups is 2. The molecule has 144 valence electrons. The molecule has 27 heavy (non-hydrogen) atoms. The van der Waals surface area contributed by atoms with Crippen LogP contribution in [0.4, 0.5) is 0 Å². The third kappa shape index (κ3) is 5.57. The number of likely N-dealkylation sites (tertiary alicyclic amines) is 1. The Bertz CT molecular complexity index is 788. The van der Waals surface area contributed by atoms with E-state index in [4.69, 9.17) is 21.1 Å². The first kappa shape index (κ1) is 19.4.